The Balaban J connectivity index is 0.000000156. The van der Waals surface area contributed by atoms with Crippen LogP contribution in [0.1, 0.15) is 35.1 Å². The van der Waals surface area contributed by atoms with E-state index in [-0.39, 0.29) is 0 Å². The van der Waals surface area contributed by atoms with Crippen molar-refractivity contribution in [1.29, 1.82) is 5.26 Å². The SMILES string of the molecule is COc1cc(-c2ccc3c(c2N)CCC3)ccn1.COc1cc(-c2ccc3c(c2OC#N)CCC3)ccn1. The minimum Gasteiger partial charge on any atom is -0.481 e. The average molecular weight is 507 g/mol. The molecule has 6 rings (SSSR count). The van der Waals surface area contributed by atoms with E-state index >= 15 is 0 Å². The number of anilines is 1. The third kappa shape index (κ3) is 4.98. The summed E-state index contributed by atoms with van der Waals surface area (Å²) in [6.07, 6.45) is 11.8. The van der Waals surface area contributed by atoms with Crippen molar-refractivity contribution in [3.63, 3.8) is 0 Å². The van der Waals surface area contributed by atoms with Crippen molar-refractivity contribution in [3.05, 3.63) is 83.2 Å². The second-order valence-electron chi connectivity index (χ2n) is 9.32. The number of nitrogens with two attached hydrogens (primary N) is 1. The fourth-order valence-electron chi connectivity index (χ4n) is 5.35. The van der Waals surface area contributed by atoms with Gasteiger partial charge in [-0.05, 0) is 84.0 Å². The number of hydrogen-bond donors (Lipinski definition) is 1. The average Bonchev–Trinajstić information content (AvgIpc) is 3.64. The molecule has 2 aliphatic rings. The largest absolute Gasteiger partial charge is 0.481 e. The van der Waals surface area contributed by atoms with Gasteiger partial charge in [-0.15, -0.1) is 5.26 Å². The zero-order valence-electron chi connectivity index (χ0n) is 21.7. The van der Waals surface area contributed by atoms with Crippen LogP contribution in [-0.2, 0) is 25.7 Å². The molecule has 0 amide bonds. The summed E-state index contributed by atoms with van der Waals surface area (Å²) < 4.78 is 15.6. The molecule has 7 nitrogen and oxygen atoms in total. The van der Waals surface area contributed by atoms with E-state index < -0.39 is 0 Å². The van der Waals surface area contributed by atoms with E-state index in [0.29, 0.717) is 17.5 Å². The van der Waals surface area contributed by atoms with Gasteiger partial charge in [-0.3, -0.25) is 0 Å². The second kappa shape index (κ2) is 11.2. The van der Waals surface area contributed by atoms with Crippen LogP contribution < -0.4 is 19.9 Å². The number of aryl methyl sites for hydroxylation is 2. The van der Waals surface area contributed by atoms with Crippen molar-refractivity contribution in [2.45, 2.75) is 38.5 Å². The number of nitriles is 1. The molecule has 2 N–H and O–H groups in total. The lowest BCUT2D eigenvalue weighted by molar-refractivity contribution is 0.398. The first-order valence-corrected chi connectivity index (χ1v) is 12.7. The van der Waals surface area contributed by atoms with Gasteiger partial charge >= 0.3 is 0 Å². The van der Waals surface area contributed by atoms with Crippen LogP contribution in [0.15, 0.2) is 60.9 Å². The van der Waals surface area contributed by atoms with Crippen molar-refractivity contribution in [2.24, 2.45) is 0 Å². The molecule has 0 saturated carbocycles. The van der Waals surface area contributed by atoms with E-state index in [9.17, 15) is 0 Å². The van der Waals surface area contributed by atoms with Crippen LogP contribution in [0.3, 0.4) is 0 Å². The number of nitrogens with zero attached hydrogens (tertiary/aromatic N) is 3. The van der Waals surface area contributed by atoms with E-state index in [0.717, 1.165) is 65.6 Å². The zero-order chi connectivity index (χ0) is 26.5. The molecule has 0 aliphatic heterocycles. The number of nitrogen functional groups attached to an aromatic ring is 1. The van der Waals surface area contributed by atoms with E-state index in [1.807, 2.05) is 30.3 Å². The maximum absolute atomic E-state index is 8.91. The predicted molar refractivity (Wildman–Crippen MR) is 147 cm³/mol. The Morgan fingerprint density at radius 1 is 0.737 bits per heavy atom. The number of aromatic nitrogens is 2. The number of fused-ring (bicyclic) bond motifs is 2. The van der Waals surface area contributed by atoms with Gasteiger partial charge in [0.2, 0.25) is 11.8 Å². The summed E-state index contributed by atoms with van der Waals surface area (Å²) in [6, 6.07) is 16.1. The number of ether oxygens (including phenoxy) is 3. The molecular formula is C31H30N4O3. The van der Waals surface area contributed by atoms with E-state index in [2.05, 4.69) is 28.2 Å². The normalized spacial score (nSPS) is 13.0. The lowest BCUT2D eigenvalue weighted by atomic mass is 9.98. The summed E-state index contributed by atoms with van der Waals surface area (Å²) in [4.78, 5) is 8.23. The first kappa shape index (κ1) is 25.1. The van der Waals surface area contributed by atoms with Crippen molar-refractivity contribution in [3.8, 4) is 46.0 Å². The highest BCUT2D eigenvalue weighted by atomic mass is 16.5. The molecule has 0 atom stereocenters. The van der Waals surface area contributed by atoms with E-state index in [4.69, 9.17) is 25.2 Å². The first-order chi connectivity index (χ1) is 18.6. The van der Waals surface area contributed by atoms with E-state index in [1.165, 1.54) is 23.1 Å². The minimum absolute atomic E-state index is 0.547. The quantitative estimate of drug-likeness (QED) is 0.264. The summed E-state index contributed by atoms with van der Waals surface area (Å²) in [5.74, 6) is 1.84. The Bertz CT molecular complexity index is 1510. The van der Waals surface area contributed by atoms with Crippen LogP contribution >= 0.6 is 0 Å². The summed E-state index contributed by atoms with van der Waals surface area (Å²) in [5.41, 5.74) is 16.4. The monoisotopic (exact) mass is 506 g/mol. The maximum atomic E-state index is 8.91. The molecule has 192 valence electrons. The minimum atomic E-state index is 0.547. The molecule has 4 aromatic rings. The fraction of sp³-hybridized carbons (Fsp3) is 0.258. The molecule has 0 radical (unpaired) electrons. The lowest BCUT2D eigenvalue weighted by Gasteiger charge is -2.12. The zero-order valence-corrected chi connectivity index (χ0v) is 21.7. The Kier molecular flexibility index (Phi) is 7.41. The third-order valence-electron chi connectivity index (χ3n) is 7.22. The number of hydrogen-bond acceptors (Lipinski definition) is 7. The van der Waals surface area contributed by atoms with Crippen molar-refractivity contribution >= 4 is 5.69 Å². The summed E-state index contributed by atoms with van der Waals surface area (Å²) in [6.45, 7) is 0. The van der Waals surface area contributed by atoms with Gasteiger partial charge in [-0.2, -0.15) is 0 Å². The van der Waals surface area contributed by atoms with Gasteiger partial charge in [-0.25, -0.2) is 9.97 Å². The van der Waals surface area contributed by atoms with Gasteiger partial charge in [0, 0.05) is 41.3 Å². The molecule has 0 fully saturated rings. The number of methoxy groups -OCH3 is 2. The van der Waals surface area contributed by atoms with Gasteiger partial charge in [-0.1, -0.05) is 24.3 Å². The van der Waals surface area contributed by atoms with Gasteiger partial charge in [0.05, 0.1) is 14.2 Å². The molecule has 7 heteroatoms. The number of benzene rings is 2. The lowest BCUT2D eigenvalue weighted by Crippen LogP contribution is -1.97. The molecule has 2 aromatic heterocycles. The molecule has 0 bridgehead atoms. The molecule has 0 saturated heterocycles. The Labute approximate surface area is 222 Å². The third-order valence-corrected chi connectivity index (χ3v) is 7.22. The van der Waals surface area contributed by atoms with Crippen LogP contribution in [-0.4, -0.2) is 24.2 Å². The molecule has 38 heavy (non-hydrogen) atoms. The maximum Gasteiger partial charge on any atom is 0.292 e. The Hall–Kier alpha value is -4.57. The second-order valence-corrected chi connectivity index (χ2v) is 9.32. The van der Waals surface area contributed by atoms with Crippen LogP contribution in [0.5, 0.6) is 17.5 Å². The van der Waals surface area contributed by atoms with Gasteiger partial charge in [0.15, 0.2) is 5.75 Å². The van der Waals surface area contributed by atoms with Crippen LogP contribution in [0.2, 0.25) is 0 Å². The van der Waals surface area contributed by atoms with Crippen LogP contribution in [0.25, 0.3) is 22.3 Å². The molecule has 0 spiro atoms. The Morgan fingerprint density at radius 3 is 1.89 bits per heavy atom. The van der Waals surface area contributed by atoms with Crippen LogP contribution in [0, 0.1) is 11.5 Å². The molecule has 2 heterocycles. The molecule has 2 aromatic carbocycles. The molecule has 0 unspecified atom stereocenters. The fourth-order valence-corrected chi connectivity index (χ4v) is 5.35. The van der Waals surface area contributed by atoms with Crippen molar-refractivity contribution in [2.75, 3.05) is 20.0 Å². The standard InChI is InChI=1S/C16H14N2O2.C15H16N2O/c1-19-15-9-12(7-8-18-15)14-6-5-11-3-2-4-13(11)16(14)20-10-17;1-18-14-9-11(7-8-17-14)13-6-5-10-3-2-4-12(10)15(13)16/h5-9H,2-4H2,1H3;5-9H,2-4,16H2,1H3. The predicted octanol–water partition coefficient (Wildman–Crippen LogP) is 5.93. The van der Waals surface area contributed by atoms with Gasteiger partial charge in [0.25, 0.3) is 6.26 Å². The van der Waals surface area contributed by atoms with Crippen LogP contribution in [0.4, 0.5) is 5.69 Å². The van der Waals surface area contributed by atoms with Gasteiger partial charge in [0.1, 0.15) is 0 Å². The summed E-state index contributed by atoms with van der Waals surface area (Å²) in [5, 5.41) is 8.91. The highest BCUT2D eigenvalue weighted by Crippen LogP contribution is 2.40. The van der Waals surface area contributed by atoms with Crippen molar-refractivity contribution < 1.29 is 14.2 Å². The Morgan fingerprint density at radius 2 is 1.29 bits per heavy atom. The first-order valence-electron chi connectivity index (χ1n) is 12.7. The summed E-state index contributed by atoms with van der Waals surface area (Å²) in [7, 11) is 3.21. The molecule has 2 aliphatic carbocycles. The summed E-state index contributed by atoms with van der Waals surface area (Å²) >= 11 is 0. The highest BCUT2D eigenvalue weighted by molar-refractivity contribution is 5.80. The van der Waals surface area contributed by atoms with Crippen molar-refractivity contribution in [1.82, 2.24) is 9.97 Å². The smallest absolute Gasteiger partial charge is 0.292 e. The molecular weight excluding hydrogens is 476 g/mol. The van der Waals surface area contributed by atoms with Gasteiger partial charge < -0.3 is 19.9 Å². The number of rotatable bonds is 5. The number of pyridine rings is 2. The van der Waals surface area contributed by atoms with E-state index in [1.54, 1.807) is 32.9 Å². The topological polar surface area (TPSA) is 103 Å². The highest BCUT2D eigenvalue weighted by Gasteiger charge is 2.21.